The molecule has 2 aliphatic rings. The van der Waals surface area contributed by atoms with Gasteiger partial charge in [-0.2, -0.15) is 0 Å². The lowest BCUT2D eigenvalue weighted by atomic mass is 10.1. The fraction of sp³-hybridized carbons (Fsp3) is 0.600. The molecule has 1 aromatic carbocycles. The van der Waals surface area contributed by atoms with Gasteiger partial charge in [-0.1, -0.05) is 0 Å². The molecule has 0 saturated carbocycles. The van der Waals surface area contributed by atoms with Gasteiger partial charge in [-0.05, 0) is 51.0 Å². The molecule has 1 N–H and O–H groups in total. The Labute approximate surface area is 165 Å². The van der Waals surface area contributed by atoms with Crippen molar-refractivity contribution in [2.24, 2.45) is 0 Å². The molecule has 3 atom stereocenters. The van der Waals surface area contributed by atoms with Gasteiger partial charge in [-0.3, -0.25) is 4.79 Å². The molecule has 0 radical (unpaired) electrons. The van der Waals surface area contributed by atoms with Crippen LogP contribution < -0.4 is 10.1 Å². The average Bonchev–Trinajstić information content (AvgIpc) is 3.32. The average molecular weight is 392 g/mol. The number of nitrogens with one attached hydrogen (secondary N) is 1. The minimum atomic E-state index is -0.766. The maximum atomic E-state index is 13.4. The molecule has 8 heteroatoms. The van der Waals surface area contributed by atoms with Gasteiger partial charge in [0.25, 0.3) is 0 Å². The summed E-state index contributed by atoms with van der Waals surface area (Å²) >= 11 is 0. The van der Waals surface area contributed by atoms with E-state index < -0.39 is 29.9 Å². The summed E-state index contributed by atoms with van der Waals surface area (Å²) in [5.74, 6) is -0.634. The van der Waals surface area contributed by atoms with Crippen molar-refractivity contribution in [3.63, 3.8) is 0 Å². The molecule has 1 aromatic rings. The van der Waals surface area contributed by atoms with Crippen LogP contribution in [0.15, 0.2) is 24.3 Å². The monoisotopic (exact) mass is 392 g/mol. The molecule has 154 valence electrons. The van der Waals surface area contributed by atoms with Crippen LogP contribution in [0.3, 0.4) is 0 Å². The number of nitrogens with zero attached hydrogens (tertiary/aromatic N) is 1. The van der Waals surface area contributed by atoms with E-state index in [0.717, 1.165) is 17.9 Å². The zero-order chi connectivity index (χ0) is 20.3. The summed E-state index contributed by atoms with van der Waals surface area (Å²) in [6.07, 6.45) is 0.874. The lowest BCUT2D eigenvalue weighted by molar-refractivity contribution is -0.155. The molecule has 28 heavy (non-hydrogen) atoms. The van der Waals surface area contributed by atoms with Gasteiger partial charge in [0.2, 0.25) is 5.91 Å². The number of amides is 1. The molecule has 2 fully saturated rings. The fourth-order valence-corrected chi connectivity index (χ4v) is 3.65. The van der Waals surface area contributed by atoms with Gasteiger partial charge in [-0.25, -0.2) is 4.79 Å². The fourth-order valence-electron chi connectivity index (χ4n) is 3.65. The molecule has 2 heterocycles. The summed E-state index contributed by atoms with van der Waals surface area (Å²) in [5.41, 5.74) is 0.751. The quantitative estimate of drug-likeness (QED) is 0.739. The highest BCUT2D eigenvalue weighted by atomic mass is 16.7. The highest BCUT2D eigenvalue weighted by molar-refractivity contribution is 5.90. The zero-order valence-corrected chi connectivity index (χ0v) is 16.8. The maximum absolute atomic E-state index is 13.4. The largest absolute Gasteiger partial charge is 0.497 e. The normalized spacial score (nSPS) is 24.6. The van der Waals surface area contributed by atoms with Crippen LogP contribution in [0.2, 0.25) is 0 Å². The van der Waals surface area contributed by atoms with Crippen molar-refractivity contribution < 1.29 is 28.5 Å². The summed E-state index contributed by atoms with van der Waals surface area (Å²) in [4.78, 5) is 27.1. The van der Waals surface area contributed by atoms with Crippen LogP contribution >= 0.6 is 0 Å². The molecule has 0 unspecified atom stereocenters. The van der Waals surface area contributed by atoms with E-state index in [4.69, 9.17) is 18.9 Å². The number of hydrogen-bond donors (Lipinski definition) is 1. The van der Waals surface area contributed by atoms with Crippen molar-refractivity contribution in [3.8, 4) is 5.75 Å². The van der Waals surface area contributed by atoms with Crippen LogP contribution in [0.25, 0.3) is 0 Å². The van der Waals surface area contributed by atoms with Crippen molar-refractivity contribution in [3.05, 3.63) is 24.3 Å². The number of carbonyl (C=O) groups excluding carboxylic acids is 2. The van der Waals surface area contributed by atoms with Crippen molar-refractivity contribution >= 4 is 17.6 Å². The number of anilines is 1. The second-order valence-electron chi connectivity index (χ2n) is 7.43. The summed E-state index contributed by atoms with van der Waals surface area (Å²) in [7, 11) is 2.94. The first-order valence-electron chi connectivity index (χ1n) is 9.45. The number of hydrogen-bond acceptors (Lipinski definition) is 7. The Morgan fingerprint density at radius 3 is 2.54 bits per heavy atom. The van der Waals surface area contributed by atoms with E-state index in [1.807, 2.05) is 38.1 Å². The van der Waals surface area contributed by atoms with E-state index in [-0.39, 0.29) is 12.5 Å². The Hall–Kier alpha value is -2.32. The molecule has 3 rings (SSSR count). The Bertz CT molecular complexity index is 705. The van der Waals surface area contributed by atoms with E-state index in [2.05, 4.69) is 5.32 Å². The first kappa shape index (κ1) is 20.4. The molecule has 1 amide bonds. The van der Waals surface area contributed by atoms with Crippen LogP contribution in [-0.2, 0) is 23.8 Å². The Kier molecular flexibility index (Phi) is 6.10. The number of carbonyl (C=O) groups is 2. The molecule has 0 bridgehead atoms. The predicted octanol–water partition coefficient (Wildman–Crippen LogP) is 1.79. The second-order valence-corrected chi connectivity index (χ2v) is 7.43. The lowest BCUT2D eigenvalue weighted by Gasteiger charge is -2.31. The van der Waals surface area contributed by atoms with Crippen molar-refractivity contribution in [1.82, 2.24) is 4.90 Å². The molecule has 2 saturated heterocycles. The van der Waals surface area contributed by atoms with Gasteiger partial charge < -0.3 is 29.2 Å². The van der Waals surface area contributed by atoms with Gasteiger partial charge >= 0.3 is 5.97 Å². The van der Waals surface area contributed by atoms with Crippen LogP contribution in [0.4, 0.5) is 5.69 Å². The first-order valence-corrected chi connectivity index (χ1v) is 9.45. The summed E-state index contributed by atoms with van der Waals surface area (Å²) < 4.78 is 21.7. The van der Waals surface area contributed by atoms with Crippen molar-refractivity contribution in [1.29, 1.82) is 0 Å². The van der Waals surface area contributed by atoms with Gasteiger partial charge in [0.05, 0.1) is 20.8 Å². The minimum Gasteiger partial charge on any atom is -0.497 e. The molecular weight excluding hydrogens is 364 g/mol. The SMILES string of the molecule is COC(=O)[C@@H]1CCCN1C(=O)[C@@H](Nc1ccc(OC)cc1)[C@H]1COC(C)(C)O1. The van der Waals surface area contributed by atoms with E-state index in [9.17, 15) is 9.59 Å². The van der Waals surface area contributed by atoms with Gasteiger partial charge in [0.1, 0.15) is 23.9 Å². The van der Waals surface area contributed by atoms with Crippen molar-refractivity contribution in [2.75, 3.05) is 32.7 Å². The topological polar surface area (TPSA) is 86.3 Å². The van der Waals surface area contributed by atoms with Crippen LogP contribution in [-0.4, -0.2) is 68.1 Å². The Morgan fingerprint density at radius 1 is 1.25 bits per heavy atom. The van der Waals surface area contributed by atoms with E-state index in [1.54, 1.807) is 12.0 Å². The number of rotatable bonds is 6. The zero-order valence-electron chi connectivity index (χ0n) is 16.8. The van der Waals surface area contributed by atoms with Gasteiger partial charge in [0, 0.05) is 12.2 Å². The number of benzene rings is 1. The third kappa shape index (κ3) is 4.39. The van der Waals surface area contributed by atoms with Crippen molar-refractivity contribution in [2.45, 2.75) is 50.7 Å². The maximum Gasteiger partial charge on any atom is 0.328 e. The highest BCUT2D eigenvalue weighted by Gasteiger charge is 2.45. The predicted molar refractivity (Wildman–Crippen MR) is 102 cm³/mol. The summed E-state index contributed by atoms with van der Waals surface area (Å²) in [5, 5.41) is 3.26. The highest BCUT2D eigenvalue weighted by Crippen LogP contribution is 2.29. The molecule has 2 aliphatic heterocycles. The number of ether oxygens (including phenoxy) is 4. The summed E-state index contributed by atoms with van der Waals surface area (Å²) in [6, 6.07) is 6.04. The van der Waals surface area contributed by atoms with Gasteiger partial charge in [0.15, 0.2) is 5.79 Å². The molecule has 0 aliphatic carbocycles. The smallest absolute Gasteiger partial charge is 0.328 e. The third-order valence-electron chi connectivity index (χ3n) is 5.09. The summed E-state index contributed by atoms with van der Waals surface area (Å²) in [6.45, 7) is 4.42. The van der Waals surface area contributed by atoms with Crippen LogP contribution in [0.1, 0.15) is 26.7 Å². The first-order chi connectivity index (χ1) is 13.3. The number of methoxy groups -OCH3 is 2. The van der Waals surface area contributed by atoms with Gasteiger partial charge in [-0.15, -0.1) is 0 Å². The Morgan fingerprint density at radius 2 is 1.96 bits per heavy atom. The molecular formula is C20H28N2O6. The number of esters is 1. The van der Waals surface area contributed by atoms with Crippen LogP contribution in [0.5, 0.6) is 5.75 Å². The standard InChI is InChI=1S/C20H28N2O6/c1-20(2)27-12-16(28-20)17(21-13-7-9-14(25-3)10-8-13)18(23)22-11-5-6-15(22)19(24)26-4/h7-10,15-17,21H,5-6,11-12H2,1-4H3/t15-,16+,17-/m0/s1. The molecule has 0 spiro atoms. The molecule has 0 aromatic heterocycles. The minimum absolute atomic E-state index is 0.199. The van der Waals surface area contributed by atoms with E-state index in [0.29, 0.717) is 13.0 Å². The number of likely N-dealkylation sites (tertiary alicyclic amines) is 1. The third-order valence-corrected chi connectivity index (χ3v) is 5.09. The van der Waals surface area contributed by atoms with E-state index >= 15 is 0 Å². The Balaban J connectivity index is 1.82. The van der Waals surface area contributed by atoms with E-state index in [1.165, 1.54) is 7.11 Å². The molecule has 8 nitrogen and oxygen atoms in total. The second kappa shape index (κ2) is 8.36. The van der Waals surface area contributed by atoms with Crippen LogP contribution in [0, 0.1) is 0 Å². The lowest BCUT2D eigenvalue weighted by Crippen LogP contribution is -2.53.